The van der Waals surface area contributed by atoms with E-state index in [0.717, 1.165) is 10.9 Å². The number of hydrogen-bond acceptors (Lipinski definition) is 4. The van der Waals surface area contributed by atoms with Gasteiger partial charge in [0.05, 0.1) is 13.2 Å². The smallest absolute Gasteiger partial charge is 0.349 e. The number of aryl methyl sites for hydroxylation is 1. The summed E-state index contributed by atoms with van der Waals surface area (Å²) >= 11 is 0. The van der Waals surface area contributed by atoms with Crippen LogP contribution in [0.4, 0.5) is 0 Å². The average molecular weight is 349 g/mol. The highest BCUT2D eigenvalue weighted by atomic mass is 16.5. The molecule has 0 N–H and O–H groups in total. The third kappa shape index (κ3) is 3.13. The summed E-state index contributed by atoms with van der Waals surface area (Å²) in [5.41, 5.74) is 2.14. The van der Waals surface area contributed by atoms with E-state index in [0.29, 0.717) is 25.3 Å². The molecule has 0 bridgehead atoms. The first-order valence-corrected chi connectivity index (χ1v) is 8.62. The highest BCUT2D eigenvalue weighted by Crippen LogP contribution is 2.24. The lowest BCUT2D eigenvalue weighted by molar-refractivity contribution is -0.0229. The maximum Gasteiger partial charge on any atom is 0.349 e. The number of nitrogens with zero attached hydrogens (tertiary/aromatic N) is 1. The lowest BCUT2D eigenvalue weighted by Crippen LogP contribution is -2.43. The zero-order valence-corrected chi connectivity index (χ0v) is 14.5. The van der Waals surface area contributed by atoms with Gasteiger partial charge < -0.3 is 14.1 Å². The van der Waals surface area contributed by atoms with E-state index in [4.69, 9.17) is 9.15 Å². The second kappa shape index (κ2) is 6.77. The van der Waals surface area contributed by atoms with Gasteiger partial charge in [-0.15, -0.1) is 0 Å². The van der Waals surface area contributed by atoms with Gasteiger partial charge in [0.15, 0.2) is 0 Å². The van der Waals surface area contributed by atoms with Crippen LogP contribution in [0.5, 0.6) is 0 Å². The predicted octanol–water partition coefficient (Wildman–Crippen LogP) is 3.32. The second-order valence-electron chi connectivity index (χ2n) is 6.51. The number of carbonyl (C=O) groups excluding carboxylic acids is 1. The molecule has 2 heterocycles. The number of hydrogen-bond donors (Lipinski definition) is 0. The van der Waals surface area contributed by atoms with Gasteiger partial charge >= 0.3 is 5.63 Å². The Bertz CT molecular complexity index is 1010. The van der Waals surface area contributed by atoms with E-state index in [-0.39, 0.29) is 17.6 Å². The lowest BCUT2D eigenvalue weighted by Gasteiger charge is -2.33. The molecule has 1 aliphatic rings. The number of fused-ring (bicyclic) bond motifs is 1. The normalized spacial score (nSPS) is 17.4. The largest absolute Gasteiger partial charge is 0.422 e. The van der Waals surface area contributed by atoms with Crippen LogP contribution < -0.4 is 5.63 Å². The Morgan fingerprint density at radius 2 is 1.88 bits per heavy atom. The van der Waals surface area contributed by atoms with Crippen molar-refractivity contribution in [2.24, 2.45) is 0 Å². The summed E-state index contributed by atoms with van der Waals surface area (Å²) in [6.45, 7) is 3.32. The van der Waals surface area contributed by atoms with Crippen LogP contribution in [0.2, 0.25) is 0 Å². The number of carbonyl (C=O) groups is 1. The van der Waals surface area contributed by atoms with E-state index in [1.54, 1.807) is 23.1 Å². The van der Waals surface area contributed by atoms with Crippen molar-refractivity contribution in [3.05, 3.63) is 81.7 Å². The SMILES string of the molecule is Cc1ccc(C2CN(C(=O)c3cc4ccccc4oc3=O)CCO2)cc1. The number of morpholine rings is 1. The van der Waals surface area contributed by atoms with E-state index in [1.165, 1.54) is 5.56 Å². The van der Waals surface area contributed by atoms with Crippen LogP contribution in [0.1, 0.15) is 27.6 Å². The molecule has 2 aromatic carbocycles. The minimum Gasteiger partial charge on any atom is -0.422 e. The molecule has 26 heavy (non-hydrogen) atoms. The van der Waals surface area contributed by atoms with Gasteiger partial charge in [0.25, 0.3) is 5.91 Å². The van der Waals surface area contributed by atoms with Gasteiger partial charge in [0.2, 0.25) is 0 Å². The van der Waals surface area contributed by atoms with Crippen LogP contribution >= 0.6 is 0 Å². The first kappa shape index (κ1) is 16.5. The van der Waals surface area contributed by atoms with Crippen LogP contribution in [0, 0.1) is 6.92 Å². The third-order valence-electron chi connectivity index (χ3n) is 4.67. The predicted molar refractivity (Wildman–Crippen MR) is 98.3 cm³/mol. The van der Waals surface area contributed by atoms with E-state index in [1.807, 2.05) is 43.3 Å². The molecule has 0 saturated carbocycles. The van der Waals surface area contributed by atoms with Crippen molar-refractivity contribution in [3.8, 4) is 0 Å². The molecule has 3 aromatic rings. The van der Waals surface area contributed by atoms with Crippen molar-refractivity contribution in [2.45, 2.75) is 13.0 Å². The van der Waals surface area contributed by atoms with Crippen molar-refractivity contribution in [1.29, 1.82) is 0 Å². The van der Waals surface area contributed by atoms with Crippen molar-refractivity contribution < 1.29 is 13.9 Å². The lowest BCUT2D eigenvalue weighted by atomic mass is 10.1. The number of amides is 1. The molecule has 1 amide bonds. The zero-order valence-electron chi connectivity index (χ0n) is 14.5. The summed E-state index contributed by atoms with van der Waals surface area (Å²) in [7, 11) is 0. The molecule has 1 atom stereocenters. The van der Waals surface area contributed by atoms with Gasteiger partial charge in [-0.3, -0.25) is 4.79 Å². The van der Waals surface area contributed by atoms with Crippen LogP contribution in [0.3, 0.4) is 0 Å². The molecule has 0 spiro atoms. The van der Waals surface area contributed by atoms with Gasteiger partial charge in [-0.2, -0.15) is 0 Å². The number of rotatable bonds is 2. The number of benzene rings is 2. The molecular weight excluding hydrogens is 330 g/mol. The molecule has 0 aliphatic carbocycles. The standard InChI is InChI=1S/C21H19NO4/c1-14-6-8-15(9-7-14)19-13-22(10-11-25-19)20(23)17-12-16-4-2-3-5-18(16)26-21(17)24/h2-9,12,19H,10-11,13H2,1H3. The highest BCUT2D eigenvalue weighted by molar-refractivity contribution is 5.96. The van der Waals surface area contributed by atoms with Crippen LogP contribution in [-0.2, 0) is 4.74 Å². The maximum absolute atomic E-state index is 12.9. The maximum atomic E-state index is 12.9. The first-order chi connectivity index (χ1) is 12.6. The summed E-state index contributed by atoms with van der Waals surface area (Å²) in [6.07, 6.45) is -0.194. The van der Waals surface area contributed by atoms with Crippen molar-refractivity contribution in [1.82, 2.24) is 4.90 Å². The Morgan fingerprint density at radius 1 is 1.12 bits per heavy atom. The Hall–Kier alpha value is -2.92. The van der Waals surface area contributed by atoms with Crippen LogP contribution in [0.15, 0.2) is 63.8 Å². The Kier molecular flexibility index (Phi) is 4.31. The number of ether oxygens (including phenoxy) is 1. The van der Waals surface area contributed by atoms with Crippen molar-refractivity contribution in [2.75, 3.05) is 19.7 Å². The van der Waals surface area contributed by atoms with Gasteiger partial charge in [-0.1, -0.05) is 48.0 Å². The fourth-order valence-corrected chi connectivity index (χ4v) is 3.20. The van der Waals surface area contributed by atoms with Gasteiger partial charge in [-0.25, -0.2) is 4.79 Å². The van der Waals surface area contributed by atoms with Gasteiger partial charge in [0, 0.05) is 11.9 Å². The summed E-state index contributed by atoms with van der Waals surface area (Å²) in [4.78, 5) is 26.8. The molecular formula is C21H19NO4. The minimum atomic E-state index is -0.605. The summed E-state index contributed by atoms with van der Waals surface area (Å²) in [5.74, 6) is -0.315. The summed E-state index contributed by atoms with van der Waals surface area (Å²) < 4.78 is 11.1. The molecule has 1 aromatic heterocycles. The van der Waals surface area contributed by atoms with Gasteiger partial charge in [0.1, 0.15) is 17.3 Å². The third-order valence-corrected chi connectivity index (χ3v) is 4.67. The number of para-hydroxylation sites is 1. The molecule has 0 radical (unpaired) electrons. The highest BCUT2D eigenvalue weighted by Gasteiger charge is 2.28. The van der Waals surface area contributed by atoms with E-state index >= 15 is 0 Å². The quantitative estimate of drug-likeness (QED) is 0.666. The Balaban J connectivity index is 1.60. The van der Waals surface area contributed by atoms with E-state index < -0.39 is 5.63 Å². The molecule has 4 rings (SSSR count). The van der Waals surface area contributed by atoms with Crippen LogP contribution in [-0.4, -0.2) is 30.5 Å². The Labute approximate surface area is 150 Å². The topological polar surface area (TPSA) is 59.8 Å². The summed E-state index contributed by atoms with van der Waals surface area (Å²) in [5, 5.41) is 0.735. The monoisotopic (exact) mass is 349 g/mol. The summed E-state index contributed by atoms with van der Waals surface area (Å²) in [6, 6.07) is 16.9. The van der Waals surface area contributed by atoms with Crippen molar-refractivity contribution >= 4 is 16.9 Å². The second-order valence-corrected chi connectivity index (χ2v) is 6.51. The molecule has 5 heteroatoms. The van der Waals surface area contributed by atoms with Gasteiger partial charge in [-0.05, 0) is 24.6 Å². The fourth-order valence-electron chi connectivity index (χ4n) is 3.20. The molecule has 132 valence electrons. The molecule has 1 fully saturated rings. The molecule has 5 nitrogen and oxygen atoms in total. The van der Waals surface area contributed by atoms with E-state index in [2.05, 4.69) is 0 Å². The molecule has 1 unspecified atom stereocenters. The first-order valence-electron chi connectivity index (χ1n) is 8.62. The molecule has 1 aliphatic heterocycles. The molecule has 1 saturated heterocycles. The van der Waals surface area contributed by atoms with Crippen molar-refractivity contribution in [3.63, 3.8) is 0 Å². The average Bonchev–Trinajstić information content (AvgIpc) is 2.67. The zero-order chi connectivity index (χ0) is 18.1. The van der Waals surface area contributed by atoms with E-state index in [9.17, 15) is 9.59 Å². The Morgan fingerprint density at radius 3 is 2.69 bits per heavy atom. The minimum absolute atomic E-state index is 0.0632. The van der Waals surface area contributed by atoms with Crippen LogP contribution in [0.25, 0.3) is 11.0 Å². The fraction of sp³-hybridized carbons (Fsp3) is 0.238.